The molecule has 0 aliphatic heterocycles. The standard InChI is InChI=1S/C23H22FN3O4S/c1-26(21(22(25)28)16-8-6-10-18(24)14-16)23(29)17-9-7-13-20(15-17)32(30,31)27(2)19-11-4-3-5-12-19/h3-15,21H,1-2H3,(H2,25,28). The van der Waals surface area contributed by atoms with E-state index in [9.17, 15) is 22.4 Å². The highest BCUT2D eigenvalue weighted by atomic mass is 32.2. The second kappa shape index (κ2) is 9.19. The van der Waals surface area contributed by atoms with Crippen LogP contribution in [0.25, 0.3) is 0 Å². The van der Waals surface area contributed by atoms with E-state index in [2.05, 4.69) is 0 Å². The van der Waals surface area contributed by atoms with Crippen molar-refractivity contribution in [2.24, 2.45) is 5.73 Å². The summed E-state index contributed by atoms with van der Waals surface area (Å²) in [5.41, 5.74) is 6.19. The molecule has 9 heteroatoms. The van der Waals surface area contributed by atoms with Crippen molar-refractivity contribution in [2.75, 3.05) is 18.4 Å². The van der Waals surface area contributed by atoms with Gasteiger partial charge in [0.1, 0.15) is 11.9 Å². The van der Waals surface area contributed by atoms with Crippen LogP contribution < -0.4 is 10.0 Å². The van der Waals surface area contributed by atoms with Gasteiger partial charge >= 0.3 is 0 Å². The molecule has 0 saturated heterocycles. The Morgan fingerprint density at radius 1 is 0.906 bits per heavy atom. The first-order chi connectivity index (χ1) is 15.1. The molecular weight excluding hydrogens is 433 g/mol. The fourth-order valence-electron chi connectivity index (χ4n) is 3.30. The van der Waals surface area contributed by atoms with Gasteiger partial charge in [-0.2, -0.15) is 0 Å². The van der Waals surface area contributed by atoms with Gasteiger partial charge in [-0.15, -0.1) is 0 Å². The molecule has 0 spiro atoms. The van der Waals surface area contributed by atoms with Gasteiger partial charge in [-0.1, -0.05) is 36.4 Å². The highest BCUT2D eigenvalue weighted by molar-refractivity contribution is 7.92. The summed E-state index contributed by atoms with van der Waals surface area (Å²) in [6.07, 6.45) is 0. The van der Waals surface area contributed by atoms with Crippen molar-refractivity contribution in [3.8, 4) is 0 Å². The Hall–Kier alpha value is -3.72. The summed E-state index contributed by atoms with van der Waals surface area (Å²) in [6.45, 7) is 0. The molecule has 7 nitrogen and oxygen atoms in total. The van der Waals surface area contributed by atoms with Gasteiger partial charge < -0.3 is 10.6 Å². The van der Waals surface area contributed by atoms with Crippen LogP contribution >= 0.6 is 0 Å². The highest BCUT2D eigenvalue weighted by Gasteiger charge is 2.29. The number of nitrogens with zero attached hydrogens (tertiary/aromatic N) is 2. The number of rotatable bonds is 7. The molecule has 0 bridgehead atoms. The zero-order chi connectivity index (χ0) is 23.5. The van der Waals surface area contributed by atoms with E-state index < -0.39 is 33.7 Å². The molecular formula is C23H22FN3O4S. The van der Waals surface area contributed by atoms with Gasteiger partial charge in [-0.3, -0.25) is 13.9 Å². The molecule has 2 amide bonds. The van der Waals surface area contributed by atoms with Crippen LogP contribution in [0.1, 0.15) is 22.0 Å². The van der Waals surface area contributed by atoms with Gasteiger partial charge in [0.05, 0.1) is 10.6 Å². The number of benzene rings is 3. The first kappa shape index (κ1) is 23.0. The van der Waals surface area contributed by atoms with Crippen molar-refractivity contribution >= 4 is 27.5 Å². The Balaban J connectivity index is 1.94. The Kier molecular flexibility index (Phi) is 6.59. The molecule has 2 N–H and O–H groups in total. The van der Waals surface area contributed by atoms with E-state index >= 15 is 0 Å². The average molecular weight is 456 g/mol. The topological polar surface area (TPSA) is 101 Å². The number of halogens is 1. The molecule has 3 rings (SSSR count). The maximum absolute atomic E-state index is 13.7. The predicted octanol–water partition coefficient (Wildman–Crippen LogP) is 2.95. The number of para-hydroxylation sites is 1. The van der Waals surface area contributed by atoms with Crippen LogP contribution in [0, 0.1) is 5.82 Å². The largest absolute Gasteiger partial charge is 0.368 e. The normalized spacial score (nSPS) is 12.1. The molecule has 1 atom stereocenters. The van der Waals surface area contributed by atoms with Gasteiger partial charge in [0.25, 0.3) is 15.9 Å². The van der Waals surface area contributed by atoms with Crippen molar-refractivity contribution in [1.29, 1.82) is 0 Å². The Morgan fingerprint density at radius 2 is 1.56 bits per heavy atom. The van der Waals surface area contributed by atoms with Crippen LogP contribution in [-0.4, -0.2) is 39.2 Å². The van der Waals surface area contributed by atoms with E-state index in [4.69, 9.17) is 5.73 Å². The number of sulfonamides is 1. The fraction of sp³-hybridized carbons (Fsp3) is 0.130. The number of primary amides is 1. The van der Waals surface area contributed by atoms with Crippen LogP contribution in [0.4, 0.5) is 10.1 Å². The maximum atomic E-state index is 13.7. The van der Waals surface area contributed by atoms with E-state index in [1.807, 2.05) is 0 Å². The number of hydrogen-bond donors (Lipinski definition) is 1. The fourth-order valence-corrected chi connectivity index (χ4v) is 4.54. The molecule has 3 aromatic carbocycles. The number of carbonyl (C=O) groups is 2. The molecule has 0 fully saturated rings. The number of anilines is 1. The molecule has 32 heavy (non-hydrogen) atoms. The van der Waals surface area contributed by atoms with Crippen molar-refractivity contribution in [3.05, 3.63) is 95.8 Å². The first-order valence-electron chi connectivity index (χ1n) is 9.59. The number of nitrogens with two attached hydrogens (primary N) is 1. The summed E-state index contributed by atoms with van der Waals surface area (Å²) in [5, 5.41) is 0. The molecule has 166 valence electrons. The summed E-state index contributed by atoms with van der Waals surface area (Å²) in [7, 11) is -1.18. The molecule has 0 heterocycles. The summed E-state index contributed by atoms with van der Waals surface area (Å²) in [4.78, 5) is 26.1. The Morgan fingerprint density at radius 3 is 2.19 bits per heavy atom. The van der Waals surface area contributed by atoms with Crippen LogP contribution in [0.2, 0.25) is 0 Å². The van der Waals surface area contributed by atoms with E-state index in [0.29, 0.717) is 5.69 Å². The predicted molar refractivity (Wildman–Crippen MR) is 119 cm³/mol. The van der Waals surface area contributed by atoms with Gasteiger partial charge in [0.2, 0.25) is 5.91 Å². The minimum atomic E-state index is -3.95. The minimum Gasteiger partial charge on any atom is -0.368 e. The van der Waals surface area contributed by atoms with Crippen molar-refractivity contribution in [3.63, 3.8) is 0 Å². The molecule has 0 saturated carbocycles. The van der Waals surface area contributed by atoms with Crippen LogP contribution in [-0.2, 0) is 14.8 Å². The van der Waals surface area contributed by atoms with Crippen molar-refractivity contribution in [2.45, 2.75) is 10.9 Å². The molecule has 0 aliphatic rings. The monoisotopic (exact) mass is 455 g/mol. The highest BCUT2D eigenvalue weighted by Crippen LogP contribution is 2.25. The molecule has 0 aliphatic carbocycles. The summed E-state index contributed by atoms with van der Waals surface area (Å²) < 4.78 is 40.9. The smallest absolute Gasteiger partial charge is 0.264 e. The van der Waals surface area contributed by atoms with Crippen LogP contribution in [0.3, 0.4) is 0 Å². The molecule has 1 unspecified atom stereocenters. The lowest BCUT2D eigenvalue weighted by Crippen LogP contribution is -2.39. The Bertz CT molecular complexity index is 1250. The average Bonchev–Trinajstić information content (AvgIpc) is 2.78. The quantitative estimate of drug-likeness (QED) is 0.592. The van der Waals surface area contributed by atoms with E-state index in [1.54, 1.807) is 30.3 Å². The zero-order valence-electron chi connectivity index (χ0n) is 17.5. The maximum Gasteiger partial charge on any atom is 0.264 e. The lowest BCUT2D eigenvalue weighted by atomic mass is 10.0. The first-order valence-corrected chi connectivity index (χ1v) is 11.0. The minimum absolute atomic E-state index is 0.0395. The summed E-state index contributed by atoms with van der Waals surface area (Å²) >= 11 is 0. The van der Waals surface area contributed by atoms with E-state index in [1.165, 1.54) is 56.6 Å². The van der Waals surface area contributed by atoms with E-state index in [0.717, 1.165) is 15.3 Å². The van der Waals surface area contributed by atoms with Gasteiger partial charge in [0, 0.05) is 19.7 Å². The third-order valence-corrected chi connectivity index (χ3v) is 6.78. The lowest BCUT2D eigenvalue weighted by molar-refractivity contribution is -0.122. The third kappa shape index (κ3) is 4.62. The van der Waals surface area contributed by atoms with Crippen molar-refractivity contribution < 1.29 is 22.4 Å². The van der Waals surface area contributed by atoms with Crippen molar-refractivity contribution in [1.82, 2.24) is 4.90 Å². The van der Waals surface area contributed by atoms with Crippen LogP contribution in [0.15, 0.2) is 83.8 Å². The summed E-state index contributed by atoms with van der Waals surface area (Å²) in [6, 6.07) is 18.0. The number of amides is 2. The molecule has 0 aromatic heterocycles. The Labute approximate surface area is 185 Å². The van der Waals surface area contributed by atoms with Gasteiger partial charge in [0.15, 0.2) is 0 Å². The molecule has 3 aromatic rings. The molecule has 0 radical (unpaired) electrons. The second-order valence-corrected chi connectivity index (χ2v) is 9.08. The second-order valence-electron chi connectivity index (χ2n) is 7.11. The van der Waals surface area contributed by atoms with Gasteiger partial charge in [-0.25, -0.2) is 12.8 Å². The SMILES string of the molecule is CN(C(=O)c1cccc(S(=O)(=O)N(C)c2ccccc2)c1)C(C(N)=O)c1cccc(F)c1. The third-order valence-electron chi connectivity index (χ3n) is 5.00. The lowest BCUT2D eigenvalue weighted by Gasteiger charge is -2.26. The summed E-state index contributed by atoms with van der Waals surface area (Å²) in [5.74, 6) is -2.07. The zero-order valence-corrected chi connectivity index (χ0v) is 18.3. The number of likely N-dealkylation sites (N-methyl/N-ethyl adjacent to an activating group) is 1. The van der Waals surface area contributed by atoms with Crippen LogP contribution in [0.5, 0.6) is 0 Å². The van der Waals surface area contributed by atoms with E-state index in [-0.39, 0.29) is 16.0 Å². The number of carbonyl (C=O) groups excluding carboxylic acids is 2. The number of hydrogen-bond acceptors (Lipinski definition) is 4. The van der Waals surface area contributed by atoms with Gasteiger partial charge in [-0.05, 0) is 48.0 Å².